The van der Waals surface area contributed by atoms with Crippen molar-refractivity contribution in [2.45, 2.75) is 13.0 Å². The molecule has 0 fully saturated rings. The Balaban J connectivity index is 1.36. The maximum atomic E-state index is 14.7. The lowest BCUT2D eigenvalue weighted by molar-refractivity contribution is 0.0640. The summed E-state index contributed by atoms with van der Waals surface area (Å²) >= 11 is 0. The number of carbonyl (C=O) groups excluding carboxylic acids is 2. The molecule has 0 radical (unpaired) electrons. The predicted molar refractivity (Wildman–Crippen MR) is 112 cm³/mol. The molecule has 0 aliphatic carbocycles. The molecule has 0 N–H and O–H groups in total. The van der Waals surface area contributed by atoms with Gasteiger partial charge in [0.15, 0.2) is 0 Å². The number of nitrogens with zero attached hydrogens (tertiary/aromatic N) is 4. The van der Waals surface area contributed by atoms with Crippen LogP contribution in [0.15, 0.2) is 54.7 Å². The van der Waals surface area contributed by atoms with Crippen LogP contribution < -0.4 is 0 Å². The molecule has 3 heterocycles. The van der Waals surface area contributed by atoms with E-state index in [9.17, 15) is 18.2 Å². The van der Waals surface area contributed by atoms with Crippen LogP contribution in [0.5, 0.6) is 0 Å². The molecule has 1 atom stereocenters. The van der Waals surface area contributed by atoms with E-state index in [0.29, 0.717) is 46.0 Å². The fourth-order valence-electron chi connectivity index (χ4n) is 3.80. The summed E-state index contributed by atoms with van der Waals surface area (Å²) in [6.45, 7) is -0.0169. The Morgan fingerprint density at radius 3 is 2.42 bits per heavy atom. The number of halogens is 1. The van der Waals surface area contributed by atoms with Crippen molar-refractivity contribution in [3.05, 3.63) is 82.9 Å². The van der Waals surface area contributed by atoms with Gasteiger partial charge in [0.25, 0.3) is 11.8 Å². The fraction of sp³-hybridized carbons (Fsp3) is 0.182. The summed E-state index contributed by atoms with van der Waals surface area (Å²) in [7, 11) is -0.866. The number of fused-ring (bicyclic) bond motifs is 1. The van der Waals surface area contributed by atoms with Crippen molar-refractivity contribution in [2.24, 2.45) is 0 Å². The van der Waals surface area contributed by atoms with Gasteiger partial charge in [0.1, 0.15) is 11.5 Å². The first kappa shape index (κ1) is 19.5. The van der Waals surface area contributed by atoms with Crippen LogP contribution in [0.25, 0.3) is 11.3 Å². The number of imide groups is 1. The van der Waals surface area contributed by atoms with E-state index in [0.717, 1.165) is 10.5 Å². The van der Waals surface area contributed by atoms with Gasteiger partial charge in [-0.2, -0.15) is 0 Å². The lowest BCUT2D eigenvalue weighted by Gasteiger charge is -2.14. The van der Waals surface area contributed by atoms with Crippen molar-refractivity contribution in [3.63, 3.8) is 0 Å². The Bertz CT molecular complexity index is 1250. The second-order valence-electron chi connectivity index (χ2n) is 7.35. The number of allylic oxidation sites excluding steroid dienone is 1. The van der Waals surface area contributed by atoms with Gasteiger partial charge in [0.2, 0.25) is 0 Å². The van der Waals surface area contributed by atoms with Gasteiger partial charge >= 0.3 is 0 Å². The smallest absolute Gasteiger partial charge is 0.261 e. The zero-order chi connectivity index (χ0) is 21.5. The van der Waals surface area contributed by atoms with E-state index in [2.05, 4.69) is 10.3 Å². The van der Waals surface area contributed by atoms with Crippen molar-refractivity contribution in [1.82, 2.24) is 19.9 Å². The summed E-state index contributed by atoms with van der Waals surface area (Å²) in [6, 6.07) is 11.4. The normalized spacial score (nSPS) is 18.3. The van der Waals surface area contributed by atoms with Crippen LogP contribution in [-0.2, 0) is 17.3 Å². The number of carbonyl (C=O) groups is 2. The molecular weight excluding hydrogens is 419 g/mol. The maximum Gasteiger partial charge on any atom is 0.261 e. The molecule has 2 aliphatic rings. The van der Waals surface area contributed by atoms with Crippen LogP contribution in [0.1, 0.15) is 38.4 Å². The van der Waals surface area contributed by atoms with Crippen LogP contribution >= 0.6 is 0 Å². The first-order valence-corrected chi connectivity index (χ1v) is 11.2. The van der Waals surface area contributed by atoms with Crippen molar-refractivity contribution < 1.29 is 18.2 Å². The summed E-state index contributed by atoms with van der Waals surface area (Å²) in [5.74, 6) is -0.147. The molecule has 0 spiro atoms. The minimum Gasteiger partial charge on any atom is -0.269 e. The Morgan fingerprint density at radius 2 is 1.77 bits per heavy atom. The zero-order valence-electron chi connectivity index (χ0n) is 16.3. The number of benzene rings is 2. The van der Waals surface area contributed by atoms with E-state index >= 15 is 0 Å². The second-order valence-corrected chi connectivity index (χ2v) is 8.97. The van der Waals surface area contributed by atoms with Crippen molar-refractivity contribution in [1.29, 1.82) is 0 Å². The maximum absolute atomic E-state index is 14.7. The summed E-state index contributed by atoms with van der Waals surface area (Å²) < 4.78 is 27.6. The highest BCUT2D eigenvalue weighted by Crippen LogP contribution is 2.27. The second kappa shape index (κ2) is 7.66. The molecule has 2 amide bonds. The van der Waals surface area contributed by atoms with Crippen molar-refractivity contribution in [3.8, 4) is 5.69 Å². The Hall–Kier alpha value is -3.46. The molecule has 1 unspecified atom stereocenters. The van der Waals surface area contributed by atoms with Gasteiger partial charge in [0.05, 0.1) is 29.6 Å². The summed E-state index contributed by atoms with van der Waals surface area (Å²) in [5, 5.41) is 8.05. The first-order valence-electron chi connectivity index (χ1n) is 9.72. The molecule has 5 rings (SSSR count). The van der Waals surface area contributed by atoms with Gasteiger partial charge in [-0.15, -0.1) is 5.10 Å². The van der Waals surface area contributed by atoms with Gasteiger partial charge < -0.3 is 0 Å². The highest BCUT2D eigenvalue weighted by molar-refractivity contribution is 7.85. The van der Waals surface area contributed by atoms with Gasteiger partial charge in [-0.25, -0.2) is 9.07 Å². The number of hydrogen-bond acceptors (Lipinski definition) is 5. The zero-order valence-corrected chi connectivity index (χ0v) is 17.1. The van der Waals surface area contributed by atoms with E-state index < -0.39 is 16.6 Å². The topological polar surface area (TPSA) is 85.2 Å². The van der Waals surface area contributed by atoms with Crippen LogP contribution in [0.4, 0.5) is 4.39 Å². The highest BCUT2D eigenvalue weighted by atomic mass is 32.2. The average molecular weight is 436 g/mol. The molecule has 2 aliphatic heterocycles. The number of hydrogen-bond donors (Lipinski definition) is 0. The SMILES string of the molecule is O=C1c2ccccc2C(=O)N1Cc1cn(-c2ccc(C3=CCS(=O)CC3)c(F)c2)nn1. The molecule has 156 valence electrons. The van der Waals surface area contributed by atoms with E-state index in [-0.39, 0.29) is 18.4 Å². The highest BCUT2D eigenvalue weighted by Gasteiger charge is 2.35. The number of amides is 2. The summed E-state index contributed by atoms with van der Waals surface area (Å²) in [4.78, 5) is 26.2. The van der Waals surface area contributed by atoms with Crippen LogP contribution in [0, 0.1) is 5.82 Å². The molecule has 9 heteroatoms. The van der Waals surface area contributed by atoms with E-state index in [1.165, 1.54) is 10.7 Å². The summed E-state index contributed by atoms with van der Waals surface area (Å²) in [5.41, 5.74) is 2.98. The minimum atomic E-state index is -0.866. The largest absolute Gasteiger partial charge is 0.269 e. The molecule has 7 nitrogen and oxygen atoms in total. The van der Waals surface area contributed by atoms with E-state index in [1.54, 1.807) is 42.6 Å². The van der Waals surface area contributed by atoms with Crippen molar-refractivity contribution in [2.75, 3.05) is 11.5 Å². The van der Waals surface area contributed by atoms with Gasteiger partial charge in [-0.1, -0.05) is 23.4 Å². The van der Waals surface area contributed by atoms with Gasteiger partial charge in [-0.3, -0.25) is 18.7 Å². The third-order valence-corrected chi connectivity index (χ3v) is 6.61. The molecule has 3 aromatic rings. The van der Waals surface area contributed by atoms with Crippen molar-refractivity contribution >= 4 is 28.2 Å². The molecule has 0 bridgehead atoms. The molecular formula is C22H17FN4O3S. The predicted octanol–water partition coefficient (Wildman–Crippen LogP) is 2.74. The lowest BCUT2D eigenvalue weighted by atomic mass is 10.0. The minimum absolute atomic E-state index is 0.0169. The average Bonchev–Trinajstić information content (AvgIpc) is 3.34. The Kier molecular flexibility index (Phi) is 4.82. The Labute approximate surface area is 179 Å². The first-order chi connectivity index (χ1) is 15.0. The molecule has 31 heavy (non-hydrogen) atoms. The van der Waals surface area contributed by atoms with E-state index in [4.69, 9.17) is 0 Å². The quantitative estimate of drug-likeness (QED) is 0.587. The monoisotopic (exact) mass is 436 g/mol. The molecule has 1 aromatic heterocycles. The molecule has 0 saturated carbocycles. The molecule has 2 aromatic carbocycles. The fourth-order valence-corrected chi connectivity index (χ4v) is 4.80. The van der Waals surface area contributed by atoms with Gasteiger partial charge in [0, 0.05) is 33.9 Å². The third kappa shape index (κ3) is 3.50. The number of rotatable bonds is 4. The number of aromatic nitrogens is 3. The van der Waals surface area contributed by atoms with Crippen LogP contribution in [0.3, 0.4) is 0 Å². The van der Waals surface area contributed by atoms with Crippen LogP contribution in [0.2, 0.25) is 0 Å². The van der Waals surface area contributed by atoms with Gasteiger partial charge in [-0.05, 0) is 36.3 Å². The molecule has 0 saturated heterocycles. The Morgan fingerprint density at radius 1 is 1.03 bits per heavy atom. The third-order valence-electron chi connectivity index (χ3n) is 5.42. The standard InChI is InChI=1S/C22H17FN4O3S/c23-20-11-16(5-6-17(20)14-7-9-31(30)10-8-14)27-13-15(24-25-27)12-26-21(28)18-3-1-2-4-19(18)22(26)29/h1-7,11,13H,8-10,12H2. The lowest BCUT2D eigenvalue weighted by Crippen LogP contribution is -2.29. The summed E-state index contributed by atoms with van der Waals surface area (Å²) in [6.07, 6.45) is 3.98. The van der Waals surface area contributed by atoms with E-state index in [1.807, 2.05) is 6.08 Å². The van der Waals surface area contributed by atoms with Crippen LogP contribution in [-0.4, -0.2) is 47.4 Å².